The van der Waals surface area contributed by atoms with E-state index in [0.29, 0.717) is 83.4 Å². The largest absolute Gasteiger partial charge is 0.392 e. The predicted octanol–water partition coefficient (Wildman–Crippen LogP) is -0.447. The molecular formula is C36H57N7O11. The number of nitrogens with two attached hydrogens (primary N) is 1. The molecule has 54 heavy (non-hydrogen) atoms. The summed E-state index contributed by atoms with van der Waals surface area (Å²) < 4.78 is 21.9. The number of amides is 7. The molecule has 1 aromatic rings. The Balaban J connectivity index is 1.55. The van der Waals surface area contributed by atoms with Gasteiger partial charge in [0.25, 0.3) is 11.8 Å². The summed E-state index contributed by atoms with van der Waals surface area (Å²) in [4.78, 5) is 74.3. The quantitative estimate of drug-likeness (QED) is 0.0389. The van der Waals surface area contributed by atoms with E-state index >= 15 is 0 Å². The Morgan fingerprint density at radius 3 is 1.93 bits per heavy atom. The van der Waals surface area contributed by atoms with Crippen molar-refractivity contribution in [2.45, 2.75) is 58.2 Å². The van der Waals surface area contributed by atoms with Gasteiger partial charge < -0.3 is 56.4 Å². The number of ether oxygens (including phenoxy) is 4. The molecule has 1 aliphatic heterocycles. The number of aliphatic hydroxyl groups excluding tert-OH is 1. The number of imide groups is 1. The van der Waals surface area contributed by atoms with Gasteiger partial charge in [0.05, 0.1) is 59.5 Å². The summed E-state index contributed by atoms with van der Waals surface area (Å²) in [6.07, 6.45) is 3.78. The van der Waals surface area contributed by atoms with Crippen molar-refractivity contribution >= 4 is 41.3 Å². The summed E-state index contributed by atoms with van der Waals surface area (Å²) in [6, 6.07) is 4.01. The van der Waals surface area contributed by atoms with Crippen molar-refractivity contribution in [3.63, 3.8) is 0 Å². The van der Waals surface area contributed by atoms with Crippen molar-refractivity contribution in [3.8, 4) is 0 Å². The predicted molar refractivity (Wildman–Crippen MR) is 198 cm³/mol. The van der Waals surface area contributed by atoms with Crippen molar-refractivity contribution in [2.75, 3.05) is 84.4 Å². The monoisotopic (exact) mass is 763 g/mol. The number of hydrogen-bond acceptors (Lipinski definition) is 12. The fourth-order valence-corrected chi connectivity index (χ4v) is 4.96. The lowest BCUT2D eigenvalue weighted by Gasteiger charge is -2.25. The minimum Gasteiger partial charge on any atom is -0.392 e. The molecule has 18 heteroatoms. The molecule has 1 heterocycles. The molecule has 0 spiro atoms. The second kappa shape index (κ2) is 27.2. The topological polar surface area (TPSA) is 249 Å². The first kappa shape index (κ1) is 45.7. The van der Waals surface area contributed by atoms with Crippen LogP contribution < -0.4 is 32.3 Å². The van der Waals surface area contributed by atoms with Crippen molar-refractivity contribution in [3.05, 3.63) is 42.0 Å². The molecule has 8 N–H and O–H groups in total. The van der Waals surface area contributed by atoms with Gasteiger partial charge in [0.2, 0.25) is 17.7 Å². The van der Waals surface area contributed by atoms with Crippen LogP contribution in [-0.4, -0.2) is 137 Å². The lowest BCUT2D eigenvalue weighted by Crippen LogP contribution is -2.54. The SMILES string of the molecule is CC(C)[C@H](NC(=O)CCOCCOCCOCCOCCNCCCN1C(=O)C=CC1=O)C(=O)N[C@@H](CCCNC(N)=O)C(=O)Nc1ccc(CO)cc1. The Labute approximate surface area is 316 Å². The molecule has 0 saturated heterocycles. The minimum atomic E-state index is -0.970. The summed E-state index contributed by atoms with van der Waals surface area (Å²) in [5.74, 6) is -2.23. The molecule has 0 unspecified atom stereocenters. The van der Waals surface area contributed by atoms with Crippen LogP contribution in [0.3, 0.4) is 0 Å². The van der Waals surface area contributed by atoms with Crippen LogP contribution in [0, 0.1) is 5.92 Å². The van der Waals surface area contributed by atoms with E-state index in [-0.39, 0.29) is 56.9 Å². The maximum Gasteiger partial charge on any atom is 0.312 e. The van der Waals surface area contributed by atoms with Crippen LogP contribution in [0.2, 0.25) is 0 Å². The zero-order chi connectivity index (χ0) is 39.6. The third kappa shape index (κ3) is 19.6. The maximum absolute atomic E-state index is 13.3. The average molecular weight is 764 g/mol. The van der Waals surface area contributed by atoms with E-state index in [2.05, 4.69) is 26.6 Å². The number of carbonyl (C=O) groups excluding carboxylic acids is 6. The van der Waals surface area contributed by atoms with E-state index in [1.165, 1.54) is 17.1 Å². The second-order valence-electron chi connectivity index (χ2n) is 12.6. The van der Waals surface area contributed by atoms with Gasteiger partial charge in [-0.05, 0) is 49.4 Å². The van der Waals surface area contributed by atoms with Gasteiger partial charge in [0.1, 0.15) is 12.1 Å². The molecule has 302 valence electrons. The molecule has 2 rings (SSSR count). The van der Waals surface area contributed by atoms with Crippen molar-refractivity contribution in [2.24, 2.45) is 11.7 Å². The molecular weight excluding hydrogens is 706 g/mol. The van der Waals surface area contributed by atoms with Gasteiger partial charge in [-0.25, -0.2) is 4.79 Å². The molecule has 0 radical (unpaired) electrons. The summed E-state index contributed by atoms with van der Waals surface area (Å²) in [5.41, 5.74) is 6.27. The third-order valence-electron chi connectivity index (χ3n) is 7.92. The number of primary amides is 1. The second-order valence-corrected chi connectivity index (χ2v) is 12.6. The molecule has 0 aromatic heterocycles. The summed E-state index contributed by atoms with van der Waals surface area (Å²) >= 11 is 0. The Hall–Kier alpha value is -4.46. The van der Waals surface area contributed by atoms with E-state index in [0.717, 1.165) is 0 Å². The third-order valence-corrected chi connectivity index (χ3v) is 7.92. The van der Waals surface area contributed by atoms with Crippen LogP contribution in [0.15, 0.2) is 36.4 Å². The summed E-state index contributed by atoms with van der Waals surface area (Å²) in [6.45, 7) is 8.11. The highest BCUT2D eigenvalue weighted by atomic mass is 16.6. The molecule has 7 amide bonds. The number of carbonyl (C=O) groups is 6. The minimum absolute atomic E-state index is 0.0139. The van der Waals surface area contributed by atoms with Gasteiger partial charge in [-0.3, -0.25) is 28.9 Å². The Kier molecular flexibility index (Phi) is 23.0. The van der Waals surface area contributed by atoms with Crippen molar-refractivity contribution in [1.82, 2.24) is 26.2 Å². The summed E-state index contributed by atoms with van der Waals surface area (Å²) in [5, 5.41) is 23.1. The molecule has 1 aromatic carbocycles. The first-order valence-corrected chi connectivity index (χ1v) is 18.2. The normalized spacial score (nSPS) is 13.6. The van der Waals surface area contributed by atoms with Gasteiger partial charge >= 0.3 is 6.03 Å². The highest BCUT2D eigenvalue weighted by Gasteiger charge is 2.29. The fraction of sp³-hybridized carbons (Fsp3) is 0.611. The first-order valence-electron chi connectivity index (χ1n) is 18.2. The van der Waals surface area contributed by atoms with Gasteiger partial charge in [-0.1, -0.05) is 26.0 Å². The molecule has 1 aliphatic rings. The number of nitrogens with zero attached hydrogens (tertiary/aromatic N) is 1. The average Bonchev–Trinajstić information content (AvgIpc) is 3.46. The molecule has 18 nitrogen and oxygen atoms in total. The van der Waals surface area contributed by atoms with Gasteiger partial charge in [0.15, 0.2) is 0 Å². The van der Waals surface area contributed by atoms with Crippen LogP contribution >= 0.6 is 0 Å². The fourth-order valence-electron chi connectivity index (χ4n) is 4.96. The Morgan fingerprint density at radius 1 is 0.759 bits per heavy atom. The molecule has 0 aliphatic carbocycles. The van der Waals surface area contributed by atoms with Gasteiger partial charge in [-0.15, -0.1) is 0 Å². The standard InChI is InChI=1S/C36H57N7O11/c1-26(2)33(35(49)41-29(5-3-14-39-36(37)50)34(48)40-28-8-6-27(25-44)7-9-28)42-30(45)12-17-51-19-21-53-23-24-54-22-20-52-18-15-38-13-4-16-43-31(46)10-11-32(43)47/h6-11,26,29,33,38,44H,3-5,12-25H2,1-2H3,(H,40,48)(H,41,49)(H,42,45)(H3,37,39,50)/t29-,33-/m0/s1. The van der Waals surface area contributed by atoms with E-state index in [1.807, 2.05) is 0 Å². The van der Waals surface area contributed by atoms with Crippen LogP contribution in [0.4, 0.5) is 10.5 Å². The van der Waals surface area contributed by atoms with Crippen molar-refractivity contribution < 1.29 is 52.8 Å². The zero-order valence-electron chi connectivity index (χ0n) is 31.3. The smallest absolute Gasteiger partial charge is 0.312 e. The number of hydrogen-bond donors (Lipinski definition) is 7. The number of rotatable bonds is 30. The van der Waals surface area contributed by atoms with Gasteiger partial charge in [0, 0.05) is 43.9 Å². The summed E-state index contributed by atoms with van der Waals surface area (Å²) in [7, 11) is 0. The molecule has 0 saturated carbocycles. The molecule has 0 fully saturated rings. The highest BCUT2D eigenvalue weighted by Crippen LogP contribution is 2.12. The zero-order valence-corrected chi connectivity index (χ0v) is 31.3. The van der Waals surface area contributed by atoms with E-state index in [4.69, 9.17) is 24.7 Å². The maximum atomic E-state index is 13.3. The van der Waals surface area contributed by atoms with Crippen LogP contribution in [0.25, 0.3) is 0 Å². The number of urea groups is 1. The lowest BCUT2D eigenvalue weighted by molar-refractivity contribution is -0.136. The molecule has 2 atom stereocenters. The number of aliphatic hydroxyl groups is 1. The van der Waals surface area contributed by atoms with Crippen molar-refractivity contribution in [1.29, 1.82) is 0 Å². The number of nitrogens with one attached hydrogen (secondary N) is 5. The molecule has 0 bridgehead atoms. The lowest BCUT2D eigenvalue weighted by atomic mass is 10.0. The van der Waals surface area contributed by atoms with Crippen LogP contribution in [-0.2, 0) is 49.5 Å². The highest BCUT2D eigenvalue weighted by molar-refractivity contribution is 6.12. The van der Waals surface area contributed by atoms with Gasteiger partial charge in [-0.2, -0.15) is 0 Å². The Morgan fingerprint density at radius 2 is 1.35 bits per heavy atom. The first-order chi connectivity index (χ1) is 26.0. The Bertz CT molecular complexity index is 1330. The van der Waals surface area contributed by atoms with E-state index in [9.17, 15) is 33.9 Å². The number of anilines is 1. The number of benzene rings is 1. The van der Waals surface area contributed by atoms with E-state index in [1.54, 1.807) is 38.1 Å². The van der Waals surface area contributed by atoms with Crippen LogP contribution in [0.1, 0.15) is 45.1 Å². The van der Waals surface area contributed by atoms with Crippen LogP contribution in [0.5, 0.6) is 0 Å². The van der Waals surface area contributed by atoms with E-state index < -0.39 is 35.8 Å².